The third kappa shape index (κ3) is 5.59. The van der Waals surface area contributed by atoms with Gasteiger partial charge in [-0.3, -0.25) is 5.32 Å². The molecule has 0 saturated heterocycles. The zero-order valence-electron chi connectivity index (χ0n) is 12.6. The Morgan fingerprint density at radius 2 is 2.10 bits per heavy atom. The van der Waals surface area contributed by atoms with Gasteiger partial charge in [-0.2, -0.15) is 0 Å². The van der Waals surface area contributed by atoms with Crippen molar-refractivity contribution in [3.05, 3.63) is 29.3 Å². The number of hydrogen-bond donors (Lipinski definition) is 3. The third-order valence-electron chi connectivity index (χ3n) is 2.66. The van der Waals surface area contributed by atoms with E-state index in [1.165, 1.54) is 0 Å². The number of aryl methyl sites for hydroxylation is 1. The molecule has 0 aromatic heterocycles. The first-order valence-corrected chi connectivity index (χ1v) is 6.67. The molecule has 112 valence electrons. The van der Waals surface area contributed by atoms with E-state index >= 15 is 0 Å². The molecule has 1 amide bonds. The molecule has 0 saturated carbocycles. The minimum Gasteiger partial charge on any atom is -0.444 e. The molecule has 1 rings (SSSR count). The van der Waals surface area contributed by atoms with Crippen LogP contribution in [0.25, 0.3) is 0 Å². The van der Waals surface area contributed by atoms with Crippen molar-refractivity contribution in [1.82, 2.24) is 0 Å². The zero-order chi connectivity index (χ0) is 15.3. The lowest BCUT2D eigenvalue weighted by atomic mass is 10.0. The van der Waals surface area contributed by atoms with Crippen LogP contribution in [-0.4, -0.2) is 29.4 Å². The van der Waals surface area contributed by atoms with E-state index in [2.05, 4.69) is 5.32 Å². The molecule has 5 nitrogen and oxygen atoms in total. The van der Waals surface area contributed by atoms with E-state index in [9.17, 15) is 4.79 Å². The van der Waals surface area contributed by atoms with E-state index in [1.54, 1.807) is 0 Å². The van der Waals surface area contributed by atoms with Crippen molar-refractivity contribution >= 4 is 11.8 Å². The van der Waals surface area contributed by atoms with Gasteiger partial charge in [-0.1, -0.05) is 12.1 Å². The van der Waals surface area contributed by atoms with Gasteiger partial charge < -0.3 is 15.6 Å². The predicted octanol–water partition coefficient (Wildman–Crippen LogP) is 2.20. The van der Waals surface area contributed by atoms with Crippen LogP contribution in [-0.2, 0) is 11.2 Å². The highest BCUT2D eigenvalue weighted by molar-refractivity contribution is 5.85. The molecule has 1 unspecified atom stereocenters. The highest BCUT2D eigenvalue weighted by Crippen LogP contribution is 2.18. The molecule has 0 aliphatic rings. The Labute approximate surface area is 120 Å². The Bertz CT molecular complexity index is 467. The molecule has 0 heterocycles. The molecule has 1 atom stereocenters. The van der Waals surface area contributed by atoms with Crippen LogP contribution in [0.3, 0.4) is 0 Å². The lowest BCUT2D eigenvalue weighted by Crippen LogP contribution is -2.28. The van der Waals surface area contributed by atoms with Crippen LogP contribution in [0.15, 0.2) is 18.2 Å². The van der Waals surface area contributed by atoms with Crippen molar-refractivity contribution in [3.63, 3.8) is 0 Å². The van der Waals surface area contributed by atoms with Crippen LogP contribution in [0, 0.1) is 6.92 Å². The van der Waals surface area contributed by atoms with Crippen LogP contribution in [0.2, 0.25) is 0 Å². The molecule has 0 aliphatic heterocycles. The number of aliphatic hydroxyl groups excluding tert-OH is 1. The smallest absolute Gasteiger partial charge is 0.412 e. The van der Waals surface area contributed by atoms with Crippen molar-refractivity contribution in [3.8, 4) is 0 Å². The molecule has 0 bridgehead atoms. The lowest BCUT2D eigenvalue weighted by Gasteiger charge is -2.20. The normalized spacial score (nSPS) is 12.9. The van der Waals surface area contributed by atoms with Crippen LogP contribution >= 0.6 is 0 Å². The second-order valence-corrected chi connectivity index (χ2v) is 5.92. The maximum absolute atomic E-state index is 11.7. The quantitative estimate of drug-likeness (QED) is 0.789. The summed E-state index contributed by atoms with van der Waals surface area (Å²) in [4.78, 5) is 11.7. The SMILES string of the molecule is Cc1cc(CC(N)CO)ccc1NC(=O)OC(C)(C)C. The standard InChI is InChI=1S/C15H24N2O3/c1-10-7-11(8-12(16)9-18)5-6-13(10)17-14(19)20-15(2,3)4/h5-7,12,18H,8-9,16H2,1-4H3,(H,17,19). The summed E-state index contributed by atoms with van der Waals surface area (Å²) in [6.45, 7) is 7.31. The number of aliphatic hydroxyl groups is 1. The summed E-state index contributed by atoms with van der Waals surface area (Å²) in [7, 11) is 0. The summed E-state index contributed by atoms with van der Waals surface area (Å²) in [5.41, 5.74) is 7.85. The number of ether oxygens (including phenoxy) is 1. The molecule has 1 aromatic carbocycles. The van der Waals surface area contributed by atoms with Crippen molar-refractivity contribution in [2.75, 3.05) is 11.9 Å². The lowest BCUT2D eigenvalue weighted by molar-refractivity contribution is 0.0636. The number of amides is 1. The van der Waals surface area contributed by atoms with Crippen molar-refractivity contribution in [2.45, 2.75) is 45.8 Å². The van der Waals surface area contributed by atoms with Crippen LogP contribution < -0.4 is 11.1 Å². The predicted molar refractivity (Wildman–Crippen MR) is 79.8 cm³/mol. The number of carbonyl (C=O) groups excluding carboxylic acids is 1. The summed E-state index contributed by atoms with van der Waals surface area (Å²) >= 11 is 0. The molecule has 1 aromatic rings. The van der Waals surface area contributed by atoms with Gasteiger partial charge in [0.2, 0.25) is 0 Å². The van der Waals surface area contributed by atoms with E-state index in [4.69, 9.17) is 15.6 Å². The van der Waals surface area contributed by atoms with Gasteiger partial charge >= 0.3 is 6.09 Å². The monoisotopic (exact) mass is 280 g/mol. The number of nitrogens with two attached hydrogens (primary N) is 1. The van der Waals surface area contributed by atoms with Gasteiger partial charge in [0, 0.05) is 11.7 Å². The second kappa shape index (κ2) is 6.72. The molecule has 0 aliphatic carbocycles. The molecular weight excluding hydrogens is 256 g/mol. The maximum atomic E-state index is 11.7. The van der Waals surface area contributed by atoms with Crippen LogP contribution in [0.4, 0.5) is 10.5 Å². The minimum atomic E-state index is -0.522. The van der Waals surface area contributed by atoms with Gasteiger partial charge in [-0.25, -0.2) is 4.79 Å². The van der Waals surface area contributed by atoms with Gasteiger partial charge in [0.1, 0.15) is 5.60 Å². The fraction of sp³-hybridized carbons (Fsp3) is 0.533. The summed E-state index contributed by atoms with van der Waals surface area (Å²) in [5.74, 6) is 0. The number of anilines is 1. The third-order valence-corrected chi connectivity index (χ3v) is 2.66. The molecule has 5 heteroatoms. The molecule has 4 N–H and O–H groups in total. The summed E-state index contributed by atoms with van der Waals surface area (Å²) in [5, 5.41) is 11.7. The Balaban J connectivity index is 2.71. The first-order chi connectivity index (χ1) is 9.21. The Hall–Kier alpha value is -1.59. The average Bonchev–Trinajstić information content (AvgIpc) is 2.30. The molecular formula is C15H24N2O3. The van der Waals surface area contributed by atoms with Crippen molar-refractivity contribution in [2.24, 2.45) is 5.73 Å². The fourth-order valence-corrected chi connectivity index (χ4v) is 1.77. The Morgan fingerprint density at radius 1 is 1.45 bits per heavy atom. The van der Waals surface area contributed by atoms with Crippen LogP contribution in [0.5, 0.6) is 0 Å². The number of nitrogens with one attached hydrogen (secondary N) is 1. The number of benzene rings is 1. The molecule has 20 heavy (non-hydrogen) atoms. The van der Waals surface area contributed by atoms with Crippen LogP contribution in [0.1, 0.15) is 31.9 Å². The van der Waals surface area contributed by atoms with E-state index in [0.29, 0.717) is 12.1 Å². The summed E-state index contributed by atoms with van der Waals surface area (Å²) < 4.78 is 5.21. The highest BCUT2D eigenvalue weighted by atomic mass is 16.6. The number of rotatable bonds is 4. The molecule has 0 fully saturated rings. The largest absolute Gasteiger partial charge is 0.444 e. The van der Waals surface area contributed by atoms with Crippen molar-refractivity contribution in [1.29, 1.82) is 0 Å². The second-order valence-electron chi connectivity index (χ2n) is 5.92. The maximum Gasteiger partial charge on any atom is 0.412 e. The minimum absolute atomic E-state index is 0.0447. The fourth-order valence-electron chi connectivity index (χ4n) is 1.77. The number of hydrogen-bond acceptors (Lipinski definition) is 4. The van der Waals surface area contributed by atoms with E-state index in [-0.39, 0.29) is 12.6 Å². The van der Waals surface area contributed by atoms with Gasteiger partial charge in [0.25, 0.3) is 0 Å². The first kappa shape index (κ1) is 16.5. The van der Waals surface area contributed by atoms with Gasteiger partial charge in [-0.05, 0) is 51.3 Å². The Kier molecular flexibility index (Phi) is 5.53. The van der Waals surface area contributed by atoms with E-state index in [0.717, 1.165) is 11.1 Å². The Morgan fingerprint density at radius 3 is 2.60 bits per heavy atom. The van der Waals surface area contributed by atoms with Crippen molar-refractivity contribution < 1.29 is 14.6 Å². The topological polar surface area (TPSA) is 84.6 Å². The first-order valence-electron chi connectivity index (χ1n) is 6.67. The average molecular weight is 280 g/mol. The number of carbonyl (C=O) groups is 1. The summed E-state index contributed by atoms with van der Waals surface area (Å²) in [6.07, 6.45) is 0.129. The van der Waals surface area contributed by atoms with Gasteiger partial charge in [0.15, 0.2) is 0 Å². The molecule has 0 spiro atoms. The highest BCUT2D eigenvalue weighted by Gasteiger charge is 2.16. The van der Waals surface area contributed by atoms with Gasteiger partial charge in [0.05, 0.1) is 6.61 Å². The molecule has 0 radical (unpaired) electrons. The van der Waals surface area contributed by atoms with E-state index < -0.39 is 11.7 Å². The van der Waals surface area contributed by atoms with E-state index in [1.807, 2.05) is 45.9 Å². The zero-order valence-corrected chi connectivity index (χ0v) is 12.6. The summed E-state index contributed by atoms with van der Waals surface area (Å²) in [6, 6.07) is 5.38. The van der Waals surface area contributed by atoms with Gasteiger partial charge in [-0.15, -0.1) is 0 Å².